The molecule has 1 unspecified atom stereocenters. The summed E-state index contributed by atoms with van der Waals surface area (Å²) in [5.41, 5.74) is 1.10. The lowest BCUT2D eigenvalue weighted by molar-refractivity contribution is -0.154. The number of hydrogen-bond donors (Lipinski definition) is 1. The lowest BCUT2D eigenvalue weighted by Gasteiger charge is -2.52. The molecule has 4 atom stereocenters. The molecule has 1 heterocycles. The predicted molar refractivity (Wildman–Crippen MR) is 136 cm³/mol. The van der Waals surface area contributed by atoms with E-state index < -0.39 is 30.2 Å². The minimum atomic E-state index is -4.33. The zero-order valence-corrected chi connectivity index (χ0v) is 21.4. The average molecular weight is 527 g/mol. The van der Waals surface area contributed by atoms with Crippen LogP contribution in [-0.2, 0) is 4.79 Å². The van der Waals surface area contributed by atoms with Gasteiger partial charge in [0.2, 0.25) is 5.91 Å². The van der Waals surface area contributed by atoms with Gasteiger partial charge in [-0.15, -0.1) is 6.58 Å². The molecule has 2 aromatic rings. The summed E-state index contributed by atoms with van der Waals surface area (Å²) in [4.78, 5) is 15.9. The molecule has 3 rings (SSSR count). The number of nitrogens with one attached hydrogen (secondary N) is 1. The molecule has 35 heavy (non-hydrogen) atoms. The van der Waals surface area contributed by atoms with Crippen molar-refractivity contribution in [3.63, 3.8) is 0 Å². The van der Waals surface area contributed by atoms with Crippen molar-refractivity contribution in [3.8, 4) is 0 Å². The monoisotopic (exact) mass is 526 g/mol. The molecule has 3 nitrogen and oxygen atoms in total. The van der Waals surface area contributed by atoms with E-state index in [4.69, 9.17) is 23.2 Å². The largest absolute Gasteiger partial charge is 0.401 e. The van der Waals surface area contributed by atoms with Gasteiger partial charge >= 0.3 is 6.18 Å². The fraction of sp³-hybridized carbons (Fsp3) is 0.444. The Morgan fingerprint density at radius 3 is 2.43 bits per heavy atom. The van der Waals surface area contributed by atoms with Crippen molar-refractivity contribution >= 4 is 29.1 Å². The van der Waals surface area contributed by atoms with E-state index in [1.54, 1.807) is 29.2 Å². The maximum atomic E-state index is 14.1. The van der Waals surface area contributed by atoms with Crippen LogP contribution in [0.1, 0.15) is 56.2 Å². The summed E-state index contributed by atoms with van der Waals surface area (Å²) in [6.07, 6.45) is -1.10. The zero-order valence-electron chi connectivity index (χ0n) is 19.9. The quantitative estimate of drug-likeness (QED) is 0.342. The highest BCUT2D eigenvalue weighted by Gasteiger charge is 2.50. The minimum Gasteiger partial charge on any atom is -0.330 e. The number of carbonyl (C=O) groups excluding carboxylic acids is 1. The molecule has 0 saturated carbocycles. The number of rotatable bonds is 9. The molecular formula is C27H31Cl2F3N2O. The summed E-state index contributed by atoms with van der Waals surface area (Å²) in [7, 11) is 0. The lowest BCUT2D eigenvalue weighted by Crippen LogP contribution is -2.57. The first-order chi connectivity index (χ1) is 16.5. The van der Waals surface area contributed by atoms with Gasteiger partial charge in [-0.2, -0.15) is 13.2 Å². The molecule has 1 N–H and O–H groups in total. The van der Waals surface area contributed by atoms with Gasteiger partial charge in [0.1, 0.15) is 0 Å². The van der Waals surface area contributed by atoms with Gasteiger partial charge in [0, 0.05) is 28.5 Å². The summed E-state index contributed by atoms with van der Waals surface area (Å²) in [5.74, 6) is -0.217. The molecule has 8 heteroatoms. The van der Waals surface area contributed by atoms with Gasteiger partial charge in [0.05, 0.1) is 18.0 Å². The maximum absolute atomic E-state index is 14.1. The first-order valence-electron chi connectivity index (χ1n) is 11.7. The van der Waals surface area contributed by atoms with Crippen molar-refractivity contribution < 1.29 is 18.0 Å². The molecule has 1 amide bonds. The summed E-state index contributed by atoms with van der Waals surface area (Å²) in [6.45, 7) is 6.57. The standard InChI is InChI=1S/C27H31Cl2F3N2O/c1-4-13-26(3)15-23(19-7-6-8-21(29)14-19)24(18-9-11-20(28)12-10-18)34(25(26)35)22(5-2)16-33-17-27(30,31)32/h4,6-12,14,22-24,33H,1,5,13,15-17H2,2-3H3/t22-,23+,24?,26-/m0/s1. The van der Waals surface area contributed by atoms with Crippen LogP contribution in [0.3, 0.4) is 0 Å². The first kappa shape index (κ1) is 27.6. The third kappa shape index (κ3) is 6.60. The van der Waals surface area contributed by atoms with Crippen LogP contribution >= 0.6 is 23.2 Å². The van der Waals surface area contributed by atoms with Crippen molar-refractivity contribution in [1.82, 2.24) is 10.2 Å². The van der Waals surface area contributed by atoms with E-state index in [1.165, 1.54) is 0 Å². The second-order valence-electron chi connectivity index (χ2n) is 9.44. The van der Waals surface area contributed by atoms with Crippen LogP contribution in [0.5, 0.6) is 0 Å². The molecule has 0 spiro atoms. The van der Waals surface area contributed by atoms with E-state index in [9.17, 15) is 18.0 Å². The summed E-state index contributed by atoms with van der Waals surface area (Å²) >= 11 is 12.5. The van der Waals surface area contributed by atoms with Crippen molar-refractivity contribution in [2.24, 2.45) is 5.41 Å². The predicted octanol–water partition coefficient (Wildman–Crippen LogP) is 7.56. The number of nitrogens with zero attached hydrogens (tertiary/aromatic N) is 1. The van der Waals surface area contributed by atoms with Gasteiger partial charge in [-0.3, -0.25) is 4.79 Å². The third-order valence-electron chi connectivity index (χ3n) is 6.76. The Balaban J connectivity index is 2.13. The molecule has 2 aromatic carbocycles. The Labute approximate surface area is 215 Å². The second-order valence-corrected chi connectivity index (χ2v) is 10.3. The van der Waals surface area contributed by atoms with Crippen LogP contribution in [0, 0.1) is 5.41 Å². The molecule has 1 saturated heterocycles. The van der Waals surface area contributed by atoms with Crippen molar-refractivity contribution in [1.29, 1.82) is 0 Å². The SMILES string of the molecule is C=CC[C@@]1(C)C[C@H](c2cccc(Cl)c2)C(c2ccc(Cl)cc2)N([C@@H](CC)CNCC(F)(F)F)C1=O. The Kier molecular flexibility index (Phi) is 8.95. The van der Waals surface area contributed by atoms with Gasteiger partial charge in [-0.25, -0.2) is 0 Å². The van der Waals surface area contributed by atoms with Gasteiger partial charge in [0.25, 0.3) is 0 Å². The Morgan fingerprint density at radius 2 is 1.86 bits per heavy atom. The van der Waals surface area contributed by atoms with Crippen LogP contribution in [0.2, 0.25) is 10.0 Å². The van der Waals surface area contributed by atoms with Crippen LogP contribution in [0.15, 0.2) is 61.2 Å². The average Bonchev–Trinajstić information content (AvgIpc) is 2.79. The highest BCUT2D eigenvalue weighted by molar-refractivity contribution is 6.30. The molecular weight excluding hydrogens is 496 g/mol. The smallest absolute Gasteiger partial charge is 0.330 e. The van der Waals surface area contributed by atoms with E-state index in [2.05, 4.69) is 11.9 Å². The summed E-state index contributed by atoms with van der Waals surface area (Å²) < 4.78 is 38.6. The van der Waals surface area contributed by atoms with E-state index in [1.807, 2.05) is 44.2 Å². The minimum absolute atomic E-state index is 0.0261. The van der Waals surface area contributed by atoms with Crippen LogP contribution in [0.25, 0.3) is 0 Å². The van der Waals surface area contributed by atoms with Crippen molar-refractivity contribution in [2.75, 3.05) is 13.1 Å². The number of likely N-dealkylation sites (tertiary alicyclic amines) is 1. The van der Waals surface area contributed by atoms with Gasteiger partial charge in [0.15, 0.2) is 0 Å². The molecule has 1 fully saturated rings. The van der Waals surface area contributed by atoms with E-state index in [0.717, 1.165) is 11.1 Å². The third-order valence-corrected chi connectivity index (χ3v) is 7.24. The van der Waals surface area contributed by atoms with Crippen LogP contribution < -0.4 is 5.32 Å². The second kappa shape index (κ2) is 11.4. The highest BCUT2D eigenvalue weighted by atomic mass is 35.5. The van der Waals surface area contributed by atoms with Gasteiger partial charge in [-0.05, 0) is 54.7 Å². The number of piperidine rings is 1. The molecule has 0 bridgehead atoms. The summed E-state index contributed by atoms with van der Waals surface area (Å²) in [5, 5.41) is 3.67. The number of amides is 1. The van der Waals surface area contributed by atoms with Gasteiger partial charge in [-0.1, -0.05) is 67.4 Å². The molecule has 0 aromatic heterocycles. The van der Waals surface area contributed by atoms with Crippen LogP contribution in [0.4, 0.5) is 13.2 Å². The number of carbonyl (C=O) groups is 1. The number of allylic oxidation sites excluding steroid dienone is 1. The van der Waals surface area contributed by atoms with Crippen molar-refractivity contribution in [3.05, 3.63) is 82.4 Å². The molecule has 0 radical (unpaired) electrons. The number of hydrogen-bond acceptors (Lipinski definition) is 2. The van der Waals surface area contributed by atoms with Crippen LogP contribution in [-0.4, -0.2) is 36.1 Å². The Morgan fingerprint density at radius 1 is 1.17 bits per heavy atom. The van der Waals surface area contributed by atoms with Gasteiger partial charge < -0.3 is 10.2 Å². The van der Waals surface area contributed by atoms with E-state index >= 15 is 0 Å². The fourth-order valence-electron chi connectivity index (χ4n) is 5.11. The normalized spacial score (nSPS) is 23.9. The molecule has 0 aliphatic carbocycles. The molecule has 1 aliphatic heterocycles. The maximum Gasteiger partial charge on any atom is 0.401 e. The molecule has 190 valence electrons. The van der Waals surface area contributed by atoms with E-state index in [0.29, 0.717) is 29.3 Å². The summed E-state index contributed by atoms with van der Waals surface area (Å²) in [6, 6.07) is 14.0. The fourth-order valence-corrected chi connectivity index (χ4v) is 5.43. The number of alkyl halides is 3. The number of benzene rings is 2. The Bertz CT molecular complexity index is 1030. The molecule has 1 aliphatic rings. The topological polar surface area (TPSA) is 32.3 Å². The lowest BCUT2D eigenvalue weighted by atomic mass is 9.67. The number of halogens is 5. The first-order valence-corrected chi connectivity index (χ1v) is 12.5. The Hall–Kier alpha value is -2.02. The van der Waals surface area contributed by atoms with Crippen molar-refractivity contribution in [2.45, 2.75) is 57.3 Å². The zero-order chi connectivity index (χ0) is 25.8. The van der Waals surface area contributed by atoms with E-state index in [-0.39, 0.29) is 18.4 Å². The highest BCUT2D eigenvalue weighted by Crippen LogP contribution is 2.52.